The van der Waals surface area contributed by atoms with Crippen LogP contribution in [0.5, 0.6) is 0 Å². The maximum atomic E-state index is 11.1. The number of rotatable bonds is 1. The summed E-state index contributed by atoms with van der Waals surface area (Å²) in [6.45, 7) is 1.44. The molecular formula is C7H14N2O2. The van der Waals surface area contributed by atoms with Crippen LogP contribution < -0.4 is 5.32 Å². The van der Waals surface area contributed by atoms with Gasteiger partial charge in [-0.2, -0.15) is 0 Å². The van der Waals surface area contributed by atoms with Crippen LogP contribution in [-0.4, -0.2) is 44.3 Å². The van der Waals surface area contributed by atoms with E-state index in [1.807, 2.05) is 0 Å². The van der Waals surface area contributed by atoms with Crippen LogP contribution in [0.15, 0.2) is 0 Å². The Balaban J connectivity index is 2.39. The number of nitrogens with one attached hydrogen (secondary N) is 1. The minimum atomic E-state index is -0.0412. The summed E-state index contributed by atoms with van der Waals surface area (Å²) in [7, 11) is 3.42. The number of carbonyl (C=O) groups is 1. The highest BCUT2D eigenvalue weighted by molar-refractivity contribution is 5.73. The minimum Gasteiger partial charge on any atom is -0.379 e. The van der Waals surface area contributed by atoms with Crippen LogP contribution in [0.3, 0.4) is 0 Å². The van der Waals surface area contributed by atoms with Crippen molar-refractivity contribution in [3.63, 3.8) is 0 Å². The molecule has 0 aromatic heterocycles. The zero-order chi connectivity index (χ0) is 8.27. The number of hydrogen-bond donors (Lipinski definition) is 1. The third-order valence-electron chi connectivity index (χ3n) is 1.99. The summed E-state index contributed by atoms with van der Waals surface area (Å²) in [5, 5.41) is 2.57. The van der Waals surface area contributed by atoms with Crippen molar-refractivity contribution in [2.75, 3.05) is 27.3 Å². The highest BCUT2D eigenvalue weighted by atomic mass is 16.5. The lowest BCUT2D eigenvalue weighted by Crippen LogP contribution is -2.42. The molecule has 1 fully saturated rings. The number of urea groups is 1. The van der Waals surface area contributed by atoms with Gasteiger partial charge in [-0.05, 0) is 6.42 Å². The van der Waals surface area contributed by atoms with Crippen LogP contribution in [0.1, 0.15) is 6.42 Å². The van der Waals surface area contributed by atoms with E-state index in [2.05, 4.69) is 5.32 Å². The lowest BCUT2D eigenvalue weighted by Gasteiger charge is -2.22. The summed E-state index contributed by atoms with van der Waals surface area (Å²) in [6.07, 6.45) is 0.948. The molecule has 1 unspecified atom stereocenters. The van der Waals surface area contributed by atoms with Crippen LogP contribution in [0.2, 0.25) is 0 Å². The largest absolute Gasteiger partial charge is 0.379 e. The van der Waals surface area contributed by atoms with E-state index in [0.717, 1.165) is 13.0 Å². The van der Waals surface area contributed by atoms with Crippen LogP contribution >= 0.6 is 0 Å². The molecule has 1 aliphatic heterocycles. The van der Waals surface area contributed by atoms with Gasteiger partial charge in [-0.1, -0.05) is 0 Å². The zero-order valence-electron chi connectivity index (χ0n) is 6.96. The fourth-order valence-corrected chi connectivity index (χ4v) is 1.17. The topological polar surface area (TPSA) is 41.6 Å². The summed E-state index contributed by atoms with van der Waals surface area (Å²) in [5.41, 5.74) is 0. The number of hydrogen-bond acceptors (Lipinski definition) is 2. The molecule has 2 amide bonds. The van der Waals surface area contributed by atoms with Gasteiger partial charge in [0.2, 0.25) is 0 Å². The first kappa shape index (κ1) is 8.33. The number of ether oxygens (including phenoxy) is 1. The van der Waals surface area contributed by atoms with Crippen molar-refractivity contribution in [1.82, 2.24) is 10.2 Å². The Kier molecular flexibility index (Phi) is 2.70. The molecule has 1 saturated heterocycles. The van der Waals surface area contributed by atoms with Gasteiger partial charge in [-0.3, -0.25) is 0 Å². The van der Waals surface area contributed by atoms with Crippen molar-refractivity contribution in [3.05, 3.63) is 0 Å². The molecule has 0 saturated carbocycles. The Labute approximate surface area is 66.5 Å². The van der Waals surface area contributed by atoms with E-state index in [0.29, 0.717) is 6.61 Å². The molecule has 1 N–H and O–H groups in total. The Morgan fingerprint density at radius 2 is 2.45 bits per heavy atom. The lowest BCUT2D eigenvalue weighted by atomic mass is 10.2. The number of amides is 2. The minimum absolute atomic E-state index is 0.0412. The molecule has 4 nitrogen and oxygen atoms in total. The lowest BCUT2D eigenvalue weighted by molar-refractivity contribution is 0.159. The fourth-order valence-electron chi connectivity index (χ4n) is 1.17. The Morgan fingerprint density at radius 1 is 1.73 bits per heavy atom. The van der Waals surface area contributed by atoms with Crippen LogP contribution in [0.25, 0.3) is 0 Å². The summed E-state index contributed by atoms with van der Waals surface area (Å²) < 4.78 is 5.15. The maximum Gasteiger partial charge on any atom is 0.317 e. The van der Waals surface area contributed by atoms with Crippen molar-refractivity contribution in [2.24, 2.45) is 0 Å². The van der Waals surface area contributed by atoms with Gasteiger partial charge in [0.25, 0.3) is 0 Å². The van der Waals surface area contributed by atoms with Crippen LogP contribution in [0.4, 0.5) is 4.79 Å². The van der Waals surface area contributed by atoms with Crippen molar-refractivity contribution in [2.45, 2.75) is 12.5 Å². The molecule has 0 aromatic rings. The predicted octanol–water partition coefficient (Wildman–Crippen LogP) is 0.0465. The molecule has 0 radical (unpaired) electrons. The number of likely N-dealkylation sites (N-methyl/N-ethyl adjacent to an activating group) is 1. The van der Waals surface area contributed by atoms with E-state index in [1.54, 1.807) is 19.0 Å². The standard InChI is InChI=1S/C7H14N2O2/c1-8-7(10)9(2)6-3-4-11-5-6/h6H,3-5H2,1-2H3,(H,8,10). The normalized spacial score (nSPS) is 23.3. The molecule has 0 aliphatic carbocycles. The summed E-state index contributed by atoms with van der Waals surface area (Å²) in [6, 6.07) is 0.218. The average Bonchev–Trinajstić information content (AvgIpc) is 2.53. The van der Waals surface area contributed by atoms with Crippen molar-refractivity contribution in [3.8, 4) is 0 Å². The molecule has 0 spiro atoms. The highest BCUT2D eigenvalue weighted by Gasteiger charge is 2.22. The Hall–Kier alpha value is -0.770. The molecule has 1 heterocycles. The molecule has 1 aliphatic rings. The van der Waals surface area contributed by atoms with Gasteiger partial charge in [0.15, 0.2) is 0 Å². The second kappa shape index (κ2) is 3.57. The van der Waals surface area contributed by atoms with Crippen molar-refractivity contribution < 1.29 is 9.53 Å². The van der Waals surface area contributed by atoms with Crippen molar-refractivity contribution >= 4 is 6.03 Å². The SMILES string of the molecule is CNC(=O)N(C)C1CCOC1. The van der Waals surface area contributed by atoms with Crippen LogP contribution in [0, 0.1) is 0 Å². The maximum absolute atomic E-state index is 11.1. The first-order valence-electron chi connectivity index (χ1n) is 3.78. The Morgan fingerprint density at radius 3 is 2.91 bits per heavy atom. The molecule has 1 rings (SSSR count). The van der Waals surface area contributed by atoms with E-state index < -0.39 is 0 Å². The van der Waals surface area contributed by atoms with E-state index >= 15 is 0 Å². The quantitative estimate of drug-likeness (QED) is 0.585. The molecule has 1 atom stereocenters. The van der Waals surface area contributed by atoms with E-state index in [4.69, 9.17) is 4.74 Å². The molecule has 11 heavy (non-hydrogen) atoms. The van der Waals surface area contributed by atoms with Gasteiger partial charge < -0.3 is 15.0 Å². The molecule has 0 bridgehead atoms. The Bertz CT molecular complexity index is 143. The van der Waals surface area contributed by atoms with E-state index in [-0.39, 0.29) is 12.1 Å². The van der Waals surface area contributed by atoms with E-state index in [9.17, 15) is 4.79 Å². The number of nitrogens with zero attached hydrogens (tertiary/aromatic N) is 1. The van der Waals surface area contributed by atoms with Gasteiger partial charge in [0.05, 0.1) is 12.6 Å². The summed E-state index contributed by atoms with van der Waals surface area (Å²) >= 11 is 0. The second-order valence-electron chi connectivity index (χ2n) is 2.68. The summed E-state index contributed by atoms with van der Waals surface area (Å²) in [4.78, 5) is 12.7. The van der Waals surface area contributed by atoms with Gasteiger partial charge in [-0.15, -0.1) is 0 Å². The third-order valence-corrected chi connectivity index (χ3v) is 1.99. The van der Waals surface area contributed by atoms with Gasteiger partial charge >= 0.3 is 6.03 Å². The molecule has 0 aromatic carbocycles. The third kappa shape index (κ3) is 1.83. The van der Waals surface area contributed by atoms with Gasteiger partial charge in [-0.25, -0.2) is 4.79 Å². The predicted molar refractivity (Wildman–Crippen MR) is 41.4 cm³/mol. The molecule has 4 heteroatoms. The fraction of sp³-hybridized carbons (Fsp3) is 0.857. The first-order valence-corrected chi connectivity index (χ1v) is 3.78. The van der Waals surface area contributed by atoms with Crippen LogP contribution in [-0.2, 0) is 4.74 Å². The zero-order valence-corrected chi connectivity index (χ0v) is 6.96. The monoisotopic (exact) mass is 158 g/mol. The molecular weight excluding hydrogens is 144 g/mol. The number of carbonyl (C=O) groups excluding carboxylic acids is 1. The average molecular weight is 158 g/mol. The van der Waals surface area contributed by atoms with Crippen molar-refractivity contribution in [1.29, 1.82) is 0 Å². The smallest absolute Gasteiger partial charge is 0.317 e. The van der Waals surface area contributed by atoms with E-state index in [1.165, 1.54) is 0 Å². The van der Waals surface area contributed by atoms with Gasteiger partial charge in [0, 0.05) is 20.7 Å². The molecule has 64 valence electrons. The first-order chi connectivity index (χ1) is 5.25. The highest BCUT2D eigenvalue weighted by Crippen LogP contribution is 2.09. The second-order valence-corrected chi connectivity index (χ2v) is 2.68. The van der Waals surface area contributed by atoms with Gasteiger partial charge in [0.1, 0.15) is 0 Å². The summed E-state index contributed by atoms with van der Waals surface area (Å²) in [5.74, 6) is 0.